The number of amides is 2. The summed E-state index contributed by atoms with van der Waals surface area (Å²) in [5.74, 6) is -2.81. The minimum Gasteiger partial charge on any atom is -0.469 e. The maximum absolute atomic E-state index is 14.3. The van der Waals surface area contributed by atoms with Gasteiger partial charge in [0, 0.05) is 18.6 Å². The Labute approximate surface area is 306 Å². The molecule has 13 heteroatoms. The van der Waals surface area contributed by atoms with E-state index in [1.165, 1.54) is 32.0 Å². The van der Waals surface area contributed by atoms with Gasteiger partial charge in [0.2, 0.25) is 11.8 Å². The van der Waals surface area contributed by atoms with E-state index in [1.807, 2.05) is 30.3 Å². The Hall–Kier alpha value is -4.78. The summed E-state index contributed by atoms with van der Waals surface area (Å²) in [7, 11) is -0.196. The van der Waals surface area contributed by atoms with Crippen molar-refractivity contribution in [1.82, 2.24) is 10.6 Å². The molecule has 0 fully saturated rings. The number of rotatable bonds is 19. The molecule has 1 aliphatic rings. The summed E-state index contributed by atoms with van der Waals surface area (Å²) in [5, 5.41) is 6.95. The summed E-state index contributed by atoms with van der Waals surface area (Å²) in [6.07, 6.45) is 2.47. The van der Waals surface area contributed by atoms with E-state index in [2.05, 4.69) is 16.5 Å². The summed E-state index contributed by atoms with van der Waals surface area (Å²) in [6, 6.07) is 14.8. The molecular formula is C39H50N2O10S. The molecule has 2 N–H and O–H groups in total. The van der Waals surface area contributed by atoms with Crippen LogP contribution in [0.2, 0.25) is 0 Å². The zero-order valence-corrected chi connectivity index (χ0v) is 31.3. The van der Waals surface area contributed by atoms with Crippen LogP contribution < -0.4 is 10.6 Å². The molecule has 12 nitrogen and oxygen atoms in total. The summed E-state index contributed by atoms with van der Waals surface area (Å²) in [6.45, 7) is 3.54. The van der Waals surface area contributed by atoms with Crippen molar-refractivity contribution in [2.45, 2.75) is 71.1 Å². The first-order valence-corrected chi connectivity index (χ1v) is 19.3. The SMILES string of the molecule is C=S(C)(=O)/C=C/[C@H](CC(=O)OC)NC(=O)[C@@H](CC(=O)[C@@H](NC(=O)[C@H](CC(=O)OC)CC(=O)OCc1ccccc1)C1Cc2ccccc2C1)C(C)C. The van der Waals surface area contributed by atoms with Crippen molar-refractivity contribution in [3.8, 4) is 0 Å². The van der Waals surface area contributed by atoms with Gasteiger partial charge in [-0.25, -0.2) is 0 Å². The van der Waals surface area contributed by atoms with Crippen LogP contribution >= 0.6 is 0 Å². The van der Waals surface area contributed by atoms with Crippen LogP contribution in [-0.4, -0.2) is 78.1 Å². The lowest BCUT2D eigenvalue weighted by atomic mass is 9.83. The van der Waals surface area contributed by atoms with Crippen molar-refractivity contribution in [1.29, 1.82) is 0 Å². The summed E-state index contributed by atoms with van der Waals surface area (Å²) >= 11 is 0. The highest BCUT2D eigenvalue weighted by molar-refractivity contribution is 8.02. The van der Waals surface area contributed by atoms with Gasteiger partial charge < -0.3 is 24.8 Å². The number of benzene rings is 2. The summed E-state index contributed by atoms with van der Waals surface area (Å²) < 4.78 is 27.2. The van der Waals surface area contributed by atoms with Crippen LogP contribution in [0.25, 0.3) is 0 Å². The van der Waals surface area contributed by atoms with Gasteiger partial charge in [0.05, 0.1) is 51.5 Å². The van der Waals surface area contributed by atoms with Gasteiger partial charge >= 0.3 is 17.9 Å². The van der Waals surface area contributed by atoms with Gasteiger partial charge in [0.15, 0.2) is 5.78 Å². The van der Waals surface area contributed by atoms with Crippen LogP contribution in [0, 0.1) is 23.7 Å². The lowest BCUT2D eigenvalue weighted by molar-refractivity contribution is -0.151. The fraction of sp³-hybridized carbons (Fsp3) is 0.462. The minimum atomic E-state index is -2.58. The van der Waals surface area contributed by atoms with Crippen molar-refractivity contribution in [3.05, 3.63) is 82.8 Å². The van der Waals surface area contributed by atoms with E-state index in [0.29, 0.717) is 12.8 Å². The molecule has 3 rings (SSSR count). The van der Waals surface area contributed by atoms with Crippen LogP contribution in [-0.2, 0) is 71.9 Å². The molecule has 5 atom stereocenters. The van der Waals surface area contributed by atoms with Crippen molar-refractivity contribution in [2.24, 2.45) is 23.7 Å². The molecule has 0 heterocycles. The number of carbonyl (C=O) groups is 6. The molecule has 0 saturated carbocycles. The largest absolute Gasteiger partial charge is 0.469 e. The van der Waals surface area contributed by atoms with E-state index in [1.54, 1.807) is 38.1 Å². The van der Waals surface area contributed by atoms with E-state index in [4.69, 9.17) is 14.2 Å². The van der Waals surface area contributed by atoms with Crippen LogP contribution in [0.1, 0.15) is 56.2 Å². The highest BCUT2D eigenvalue weighted by atomic mass is 32.2. The highest BCUT2D eigenvalue weighted by Gasteiger charge is 2.39. The number of hydrogen-bond donors (Lipinski definition) is 2. The first kappa shape index (κ1) is 41.6. The Balaban J connectivity index is 1.85. The zero-order chi connectivity index (χ0) is 38.4. The van der Waals surface area contributed by atoms with Crippen LogP contribution in [0.3, 0.4) is 0 Å². The number of esters is 3. The minimum absolute atomic E-state index is 0.0185. The number of methoxy groups -OCH3 is 2. The fourth-order valence-electron chi connectivity index (χ4n) is 6.06. The molecule has 0 bridgehead atoms. The molecule has 0 saturated heterocycles. The quantitative estimate of drug-likeness (QED) is 0.124. The summed E-state index contributed by atoms with van der Waals surface area (Å²) in [5.41, 5.74) is 2.81. The maximum atomic E-state index is 14.3. The third-order valence-corrected chi connectivity index (χ3v) is 9.70. The second-order valence-corrected chi connectivity index (χ2v) is 16.0. The smallest absolute Gasteiger partial charge is 0.307 e. The number of hydrogen-bond acceptors (Lipinski definition) is 10. The van der Waals surface area contributed by atoms with Gasteiger partial charge in [-0.15, -0.1) is 0 Å². The van der Waals surface area contributed by atoms with Gasteiger partial charge in [-0.1, -0.05) is 74.5 Å². The number of nitrogens with one attached hydrogen (secondary N) is 2. The molecule has 2 aromatic carbocycles. The molecule has 0 radical (unpaired) electrons. The topological polar surface area (TPSA) is 171 Å². The maximum Gasteiger partial charge on any atom is 0.307 e. The van der Waals surface area contributed by atoms with E-state index in [9.17, 15) is 33.0 Å². The van der Waals surface area contributed by atoms with Crippen molar-refractivity contribution in [2.75, 3.05) is 20.5 Å². The molecule has 2 amide bonds. The van der Waals surface area contributed by atoms with E-state index < -0.39 is 81.8 Å². The van der Waals surface area contributed by atoms with Gasteiger partial charge in [0.25, 0.3) is 0 Å². The second-order valence-electron chi connectivity index (χ2n) is 13.6. The molecule has 2 aromatic rings. The average molecular weight is 739 g/mol. The normalized spacial score (nSPS) is 16.1. The molecule has 282 valence electrons. The van der Waals surface area contributed by atoms with Gasteiger partial charge in [0.1, 0.15) is 6.61 Å². The van der Waals surface area contributed by atoms with E-state index in [-0.39, 0.29) is 31.3 Å². The number of ether oxygens (including phenoxy) is 3. The highest BCUT2D eigenvalue weighted by Crippen LogP contribution is 2.31. The molecule has 0 aliphatic heterocycles. The molecule has 52 heavy (non-hydrogen) atoms. The predicted octanol–water partition coefficient (Wildman–Crippen LogP) is 3.34. The Kier molecular flexibility index (Phi) is 15.8. The lowest BCUT2D eigenvalue weighted by Crippen LogP contribution is -2.50. The second kappa shape index (κ2) is 19.7. The Morgan fingerprint density at radius 1 is 0.808 bits per heavy atom. The monoisotopic (exact) mass is 738 g/mol. The summed E-state index contributed by atoms with van der Waals surface area (Å²) in [4.78, 5) is 79.2. The van der Waals surface area contributed by atoms with E-state index in [0.717, 1.165) is 16.7 Å². The van der Waals surface area contributed by atoms with E-state index >= 15 is 0 Å². The lowest BCUT2D eigenvalue weighted by Gasteiger charge is -2.29. The number of ketones is 1. The fourth-order valence-corrected chi connectivity index (χ4v) is 6.58. The molecule has 1 unspecified atom stereocenters. The Bertz CT molecular complexity index is 1700. The Morgan fingerprint density at radius 2 is 1.37 bits per heavy atom. The first-order valence-electron chi connectivity index (χ1n) is 17.1. The predicted molar refractivity (Wildman–Crippen MR) is 197 cm³/mol. The van der Waals surface area contributed by atoms with Crippen molar-refractivity contribution >= 4 is 50.9 Å². The van der Waals surface area contributed by atoms with Gasteiger partial charge in [-0.05, 0) is 62.2 Å². The number of Topliss-reactive ketones (excluding diaryl/α,β-unsaturated/α-hetero) is 1. The molecular weight excluding hydrogens is 688 g/mol. The third-order valence-electron chi connectivity index (χ3n) is 8.97. The zero-order valence-electron chi connectivity index (χ0n) is 30.5. The van der Waals surface area contributed by atoms with Crippen molar-refractivity contribution < 1.29 is 47.2 Å². The van der Waals surface area contributed by atoms with Crippen LogP contribution in [0.5, 0.6) is 0 Å². The van der Waals surface area contributed by atoms with Crippen LogP contribution in [0.4, 0.5) is 0 Å². The molecule has 0 spiro atoms. The van der Waals surface area contributed by atoms with Crippen molar-refractivity contribution in [3.63, 3.8) is 0 Å². The molecule has 1 aliphatic carbocycles. The Morgan fingerprint density at radius 3 is 1.92 bits per heavy atom. The first-order chi connectivity index (χ1) is 24.6. The van der Waals surface area contributed by atoms with Crippen LogP contribution in [0.15, 0.2) is 66.1 Å². The van der Waals surface area contributed by atoms with Gasteiger partial charge in [-0.3, -0.25) is 33.0 Å². The van der Waals surface area contributed by atoms with Gasteiger partial charge in [-0.2, -0.15) is 0 Å². The number of fused-ring (bicyclic) bond motifs is 1. The standard InChI is InChI=1S/C39H50N2O10S/c1-25(2)32(39(47)40-31(22-35(44)50-4)16-17-52(5,6)48)23-33(42)37(29-18-27-14-10-11-15-28(27)19-29)41-38(46)30(20-34(43)49-3)21-36(45)51-24-26-12-8-7-9-13-26/h7-17,25,29-32,37H,5,18-24H2,1-4,6H3,(H,40,47)(H,41,46)/b17-16+/t30-,31-,32+,37+,52?/m1/s1. The number of carbonyl (C=O) groups excluding carboxylic acids is 6. The molecule has 0 aromatic heterocycles. The third kappa shape index (κ3) is 13.4. The average Bonchev–Trinajstić information content (AvgIpc) is 3.54.